The SMILES string of the molecule is CC(Cc1ccc(C(F)(F)F)cc1)C(=O)NCC(C)(C)C(=O)O. The number of aliphatic carboxylic acids is 1. The number of hydrogen-bond donors (Lipinski definition) is 2. The molecule has 0 aliphatic carbocycles. The van der Waals surface area contributed by atoms with E-state index in [1.807, 2.05) is 0 Å². The summed E-state index contributed by atoms with van der Waals surface area (Å²) >= 11 is 0. The van der Waals surface area contributed by atoms with Gasteiger partial charge in [0.1, 0.15) is 0 Å². The predicted octanol–water partition coefficient (Wildman–Crippen LogP) is 3.11. The van der Waals surface area contributed by atoms with Crippen LogP contribution < -0.4 is 5.32 Å². The van der Waals surface area contributed by atoms with Crippen LogP contribution in [0.3, 0.4) is 0 Å². The fourth-order valence-corrected chi connectivity index (χ4v) is 1.83. The maximum atomic E-state index is 12.5. The van der Waals surface area contributed by atoms with Gasteiger partial charge in [0.25, 0.3) is 0 Å². The molecule has 0 spiro atoms. The van der Waals surface area contributed by atoms with Gasteiger partial charge in [0.05, 0.1) is 11.0 Å². The lowest BCUT2D eigenvalue weighted by Crippen LogP contribution is -2.41. The van der Waals surface area contributed by atoms with Gasteiger partial charge in [-0.2, -0.15) is 13.2 Å². The maximum absolute atomic E-state index is 12.5. The summed E-state index contributed by atoms with van der Waals surface area (Å²) in [5.74, 6) is -1.83. The molecule has 23 heavy (non-hydrogen) atoms. The standard InChI is InChI=1S/C16H20F3NO3/c1-10(13(21)20-9-15(2,3)14(22)23)8-11-4-6-12(7-5-11)16(17,18)19/h4-7,10H,8-9H2,1-3H3,(H,20,21)(H,22,23). The van der Waals surface area contributed by atoms with Gasteiger partial charge in [-0.15, -0.1) is 0 Å². The number of carboxylic acids is 1. The fraction of sp³-hybridized carbons (Fsp3) is 0.500. The molecule has 7 heteroatoms. The van der Waals surface area contributed by atoms with Crippen molar-refractivity contribution in [2.45, 2.75) is 33.4 Å². The van der Waals surface area contributed by atoms with Crippen molar-refractivity contribution in [3.63, 3.8) is 0 Å². The van der Waals surface area contributed by atoms with Crippen LogP contribution in [-0.4, -0.2) is 23.5 Å². The van der Waals surface area contributed by atoms with E-state index in [4.69, 9.17) is 5.11 Å². The van der Waals surface area contributed by atoms with Crippen LogP contribution in [-0.2, 0) is 22.2 Å². The lowest BCUT2D eigenvalue weighted by Gasteiger charge is -2.21. The first-order chi connectivity index (χ1) is 10.4. The minimum absolute atomic E-state index is 0.0154. The Morgan fingerprint density at radius 2 is 1.70 bits per heavy atom. The average Bonchev–Trinajstić information content (AvgIpc) is 2.44. The molecule has 0 aromatic heterocycles. The average molecular weight is 331 g/mol. The Labute approximate surface area is 132 Å². The summed E-state index contributed by atoms with van der Waals surface area (Å²) < 4.78 is 37.4. The van der Waals surface area contributed by atoms with Crippen LogP contribution in [0.2, 0.25) is 0 Å². The number of amides is 1. The van der Waals surface area contributed by atoms with Crippen molar-refractivity contribution >= 4 is 11.9 Å². The van der Waals surface area contributed by atoms with E-state index in [0.29, 0.717) is 5.56 Å². The highest BCUT2D eigenvalue weighted by Gasteiger charge is 2.30. The van der Waals surface area contributed by atoms with Crippen molar-refractivity contribution in [1.82, 2.24) is 5.32 Å². The van der Waals surface area contributed by atoms with Gasteiger partial charge in [-0.3, -0.25) is 9.59 Å². The zero-order valence-corrected chi connectivity index (χ0v) is 13.2. The number of carboxylic acid groups (broad SMARTS) is 1. The van der Waals surface area contributed by atoms with Gasteiger partial charge in [0, 0.05) is 12.5 Å². The van der Waals surface area contributed by atoms with E-state index >= 15 is 0 Å². The van der Waals surface area contributed by atoms with Gasteiger partial charge in [-0.25, -0.2) is 0 Å². The minimum Gasteiger partial charge on any atom is -0.481 e. The third kappa shape index (κ3) is 5.58. The minimum atomic E-state index is -4.38. The second kappa shape index (κ2) is 7.02. The van der Waals surface area contributed by atoms with Crippen LogP contribution in [0.5, 0.6) is 0 Å². The molecule has 0 aliphatic heterocycles. The van der Waals surface area contributed by atoms with Gasteiger partial charge in [-0.1, -0.05) is 19.1 Å². The lowest BCUT2D eigenvalue weighted by atomic mass is 9.93. The molecule has 1 unspecified atom stereocenters. The highest BCUT2D eigenvalue weighted by atomic mass is 19.4. The number of carbonyl (C=O) groups is 2. The monoisotopic (exact) mass is 331 g/mol. The molecule has 1 rings (SSSR count). The first kappa shape index (κ1) is 19.0. The highest BCUT2D eigenvalue weighted by Crippen LogP contribution is 2.29. The predicted molar refractivity (Wildman–Crippen MR) is 78.7 cm³/mol. The van der Waals surface area contributed by atoms with Crippen LogP contribution in [0.4, 0.5) is 13.2 Å². The number of halogens is 3. The number of nitrogens with one attached hydrogen (secondary N) is 1. The second-order valence-corrected chi connectivity index (χ2v) is 6.21. The fourth-order valence-electron chi connectivity index (χ4n) is 1.83. The first-order valence-electron chi connectivity index (χ1n) is 7.11. The molecule has 128 valence electrons. The summed E-state index contributed by atoms with van der Waals surface area (Å²) in [6.45, 7) is 4.62. The largest absolute Gasteiger partial charge is 0.481 e. The van der Waals surface area contributed by atoms with E-state index in [9.17, 15) is 22.8 Å². The zero-order valence-electron chi connectivity index (χ0n) is 13.2. The van der Waals surface area contributed by atoms with Crippen molar-refractivity contribution in [2.24, 2.45) is 11.3 Å². The smallest absolute Gasteiger partial charge is 0.416 e. The Morgan fingerprint density at radius 3 is 2.13 bits per heavy atom. The molecule has 4 nitrogen and oxygen atoms in total. The Morgan fingerprint density at radius 1 is 1.17 bits per heavy atom. The molecule has 1 aromatic carbocycles. The van der Waals surface area contributed by atoms with Crippen molar-refractivity contribution in [3.05, 3.63) is 35.4 Å². The van der Waals surface area contributed by atoms with E-state index in [0.717, 1.165) is 12.1 Å². The Balaban J connectivity index is 2.60. The molecule has 1 atom stereocenters. The van der Waals surface area contributed by atoms with Gasteiger partial charge in [0.15, 0.2) is 0 Å². The van der Waals surface area contributed by atoms with Crippen LogP contribution in [0.1, 0.15) is 31.9 Å². The molecule has 0 fully saturated rings. The van der Waals surface area contributed by atoms with Crippen LogP contribution in [0.15, 0.2) is 24.3 Å². The summed E-state index contributed by atoms with van der Waals surface area (Å²) in [6, 6.07) is 4.64. The number of hydrogen-bond acceptors (Lipinski definition) is 2. The van der Waals surface area contributed by atoms with Crippen LogP contribution in [0, 0.1) is 11.3 Å². The molecule has 1 aromatic rings. The molecular formula is C16H20F3NO3. The second-order valence-electron chi connectivity index (χ2n) is 6.21. The molecule has 0 heterocycles. The lowest BCUT2D eigenvalue weighted by molar-refractivity contribution is -0.147. The third-order valence-corrected chi connectivity index (χ3v) is 3.55. The first-order valence-corrected chi connectivity index (χ1v) is 7.11. The Hall–Kier alpha value is -2.05. The Bertz CT molecular complexity index is 565. The van der Waals surface area contributed by atoms with Gasteiger partial charge < -0.3 is 10.4 Å². The molecule has 0 saturated carbocycles. The van der Waals surface area contributed by atoms with Crippen molar-refractivity contribution < 1.29 is 27.9 Å². The summed E-state index contributed by atoms with van der Waals surface area (Å²) in [5.41, 5.74) is -1.20. The van der Waals surface area contributed by atoms with Gasteiger partial charge in [-0.05, 0) is 38.0 Å². The summed E-state index contributed by atoms with van der Waals surface area (Å²) in [5, 5.41) is 11.5. The van der Waals surface area contributed by atoms with E-state index < -0.39 is 29.0 Å². The molecule has 2 N–H and O–H groups in total. The third-order valence-electron chi connectivity index (χ3n) is 3.55. The number of carbonyl (C=O) groups excluding carboxylic acids is 1. The van der Waals surface area contributed by atoms with E-state index in [1.165, 1.54) is 26.0 Å². The quantitative estimate of drug-likeness (QED) is 0.842. The summed E-state index contributed by atoms with van der Waals surface area (Å²) in [6.07, 6.45) is -4.11. The number of rotatable bonds is 6. The van der Waals surface area contributed by atoms with Crippen LogP contribution in [0.25, 0.3) is 0 Å². The molecule has 1 amide bonds. The van der Waals surface area contributed by atoms with Crippen LogP contribution >= 0.6 is 0 Å². The Kier molecular flexibility index (Phi) is 5.80. The molecule has 0 saturated heterocycles. The molecule has 0 radical (unpaired) electrons. The molecule has 0 bridgehead atoms. The van der Waals surface area contributed by atoms with Gasteiger partial charge in [0.2, 0.25) is 5.91 Å². The number of benzene rings is 1. The number of alkyl halides is 3. The highest BCUT2D eigenvalue weighted by molar-refractivity contribution is 5.80. The van der Waals surface area contributed by atoms with Crippen molar-refractivity contribution in [1.29, 1.82) is 0 Å². The molecular weight excluding hydrogens is 311 g/mol. The van der Waals surface area contributed by atoms with Gasteiger partial charge >= 0.3 is 12.1 Å². The van der Waals surface area contributed by atoms with E-state index in [1.54, 1.807) is 6.92 Å². The van der Waals surface area contributed by atoms with E-state index in [2.05, 4.69) is 5.32 Å². The maximum Gasteiger partial charge on any atom is 0.416 e. The topological polar surface area (TPSA) is 66.4 Å². The summed E-state index contributed by atoms with van der Waals surface area (Å²) in [7, 11) is 0. The summed E-state index contributed by atoms with van der Waals surface area (Å²) in [4.78, 5) is 22.9. The normalized spacial score (nSPS) is 13.5. The van der Waals surface area contributed by atoms with Crippen molar-refractivity contribution in [3.8, 4) is 0 Å². The van der Waals surface area contributed by atoms with E-state index in [-0.39, 0.29) is 18.9 Å². The zero-order chi connectivity index (χ0) is 17.8. The molecule has 0 aliphatic rings. The van der Waals surface area contributed by atoms with Crippen molar-refractivity contribution in [2.75, 3.05) is 6.54 Å².